The van der Waals surface area contributed by atoms with Crippen LogP contribution in [0.4, 0.5) is 11.4 Å². The topological polar surface area (TPSA) is 46.4 Å². The Hall–Kier alpha value is -0.810. The van der Waals surface area contributed by atoms with Crippen LogP contribution < -0.4 is 4.90 Å². The maximum Gasteiger partial charge on any atom is 0.272 e. The van der Waals surface area contributed by atoms with Gasteiger partial charge in [-0.25, -0.2) is 0 Å². The lowest BCUT2D eigenvalue weighted by molar-refractivity contribution is -0.384. The zero-order valence-corrected chi connectivity index (χ0v) is 13.2. The molecule has 104 valence electrons. The Morgan fingerprint density at radius 3 is 2.42 bits per heavy atom. The van der Waals surface area contributed by atoms with Gasteiger partial charge in [0.25, 0.3) is 5.69 Å². The zero-order chi connectivity index (χ0) is 14.2. The van der Waals surface area contributed by atoms with Crippen LogP contribution in [0.15, 0.2) is 16.6 Å². The maximum atomic E-state index is 10.8. The summed E-state index contributed by atoms with van der Waals surface area (Å²) in [7, 11) is 0. The van der Waals surface area contributed by atoms with Crippen LogP contribution in [0.2, 0.25) is 5.02 Å². The minimum atomic E-state index is -0.427. The van der Waals surface area contributed by atoms with Gasteiger partial charge < -0.3 is 4.90 Å². The van der Waals surface area contributed by atoms with Crippen LogP contribution in [0.5, 0.6) is 0 Å². The van der Waals surface area contributed by atoms with E-state index in [2.05, 4.69) is 34.7 Å². The first-order valence-corrected chi connectivity index (χ1v) is 7.50. The molecule has 0 amide bonds. The quantitative estimate of drug-likeness (QED) is 0.571. The molecule has 6 heteroatoms. The molecule has 19 heavy (non-hydrogen) atoms. The predicted octanol–water partition coefficient (Wildman–Crippen LogP) is 4.78. The van der Waals surface area contributed by atoms with Crippen LogP contribution in [0.3, 0.4) is 0 Å². The van der Waals surface area contributed by atoms with Crippen LogP contribution in [-0.4, -0.2) is 17.0 Å². The molecule has 0 N–H and O–H groups in total. The van der Waals surface area contributed by atoms with Crippen LogP contribution in [0, 0.1) is 10.1 Å². The lowest BCUT2D eigenvalue weighted by Crippen LogP contribution is -2.44. The number of hydrogen-bond acceptors (Lipinski definition) is 3. The fourth-order valence-corrected chi connectivity index (χ4v) is 3.84. The number of nitrogens with zero attached hydrogens (tertiary/aromatic N) is 2. The summed E-state index contributed by atoms with van der Waals surface area (Å²) in [6.45, 7) is 4.33. The van der Waals surface area contributed by atoms with E-state index in [-0.39, 0.29) is 5.69 Å². The fraction of sp³-hybridized carbons (Fsp3) is 0.538. The number of nitro groups is 1. The average molecular weight is 348 g/mol. The van der Waals surface area contributed by atoms with Gasteiger partial charge in [-0.1, -0.05) is 11.6 Å². The smallest absolute Gasteiger partial charge is 0.272 e. The average Bonchev–Trinajstić information content (AvgIpc) is 2.31. The molecule has 0 aliphatic carbocycles. The molecule has 4 nitrogen and oxygen atoms in total. The molecule has 0 aromatic heterocycles. The van der Waals surface area contributed by atoms with Crippen LogP contribution in [-0.2, 0) is 0 Å². The molecule has 0 bridgehead atoms. The highest BCUT2D eigenvalue weighted by atomic mass is 79.9. The third-order valence-corrected chi connectivity index (χ3v) is 4.56. The molecule has 1 aliphatic rings. The Balaban J connectivity index is 2.47. The summed E-state index contributed by atoms with van der Waals surface area (Å²) in [5.41, 5.74) is 0.880. The van der Waals surface area contributed by atoms with Gasteiger partial charge in [-0.3, -0.25) is 10.1 Å². The number of anilines is 1. The monoisotopic (exact) mass is 346 g/mol. The number of non-ortho nitro benzene ring substituents is 1. The van der Waals surface area contributed by atoms with Crippen molar-refractivity contribution in [1.82, 2.24) is 0 Å². The number of halogens is 2. The third kappa shape index (κ3) is 2.87. The second kappa shape index (κ2) is 5.67. The summed E-state index contributed by atoms with van der Waals surface area (Å²) in [5, 5.41) is 11.3. The predicted molar refractivity (Wildman–Crippen MR) is 81.1 cm³/mol. The van der Waals surface area contributed by atoms with E-state index in [1.54, 1.807) is 0 Å². The van der Waals surface area contributed by atoms with Gasteiger partial charge in [0, 0.05) is 28.7 Å². The lowest BCUT2D eigenvalue weighted by atomic mass is 9.96. The van der Waals surface area contributed by atoms with Crippen LogP contribution >= 0.6 is 27.5 Å². The van der Waals surface area contributed by atoms with Crippen LogP contribution in [0.25, 0.3) is 0 Å². The second-order valence-electron chi connectivity index (χ2n) is 5.05. The molecule has 1 fully saturated rings. The Morgan fingerprint density at radius 1 is 1.37 bits per heavy atom. The Labute approximate surface area is 126 Å². The van der Waals surface area contributed by atoms with E-state index in [1.165, 1.54) is 18.6 Å². The number of piperidine rings is 1. The van der Waals surface area contributed by atoms with Gasteiger partial charge in [0.05, 0.1) is 15.6 Å². The lowest BCUT2D eigenvalue weighted by Gasteiger charge is -2.41. The summed E-state index contributed by atoms with van der Waals surface area (Å²) in [4.78, 5) is 12.7. The Bertz CT molecular complexity index is 476. The first-order valence-electron chi connectivity index (χ1n) is 6.33. The minimum absolute atomic E-state index is 0.0120. The van der Waals surface area contributed by atoms with Gasteiger partial charge in [0.2, 0.25) is 0 Å². The number of benzene rings is 1. The third-order valence-electron chi connectivity index (χ3n) is 3.66. The van der Waals surface area contributed by atoms with Gasteiger partial charge in [-0.15, -0.1) is 0 Å². The van der Waals surface area contributed by atoms with Crippen molar-refractivity contribution in [3.63, 3.8) is 0 Å². The van der Waals surface area contributed by atoms with Gasteiger partial charge >= 0.3 is 0 Å². The highest BCUT2D eigenvalue weighted by Gasteiger charge is 2.29. The number of hydrogen-bond donors (Lipinski definition) is 0. The highest BCUT2D eigenvalue weighted by molar-refractivity contribution is 9.10. The summed E-state index contributed by atoms with van der Waals surface area (Å²) in [6, 6.07) is 3.73. The summed E-state index contributed by atoms with van der Waals surface area (Å²) < 4.78 is 0.687. The van der Waals surface area contributed by atoms with Crippen molar-refractivity contribution in [3.05, 3.63) is 31.7 Å². The Kier molecular flexibility index (Phi) is 4.36. The SMILES string of the molecule is C[C@@H]1CCC[C@H](C)N1c1c(Cl)cc([N+](=O)[O-])cc1Br. The van der Waals surface area contributed by atoms with Crippen molar-refractivity contribution < 1.29 is 4.92 Å². The second-order valence-corrected chi connectivity index (χ2v) is 6.31. The standard InChI is InChI=1S/C13H16BrClN2O2/c1-8-4-3-5-9(2)16(8)13-11(14)6-10(17(18)19)7-12(13)15/h6-9H,3-5H2,1-2H3/t8-,9+. The molecule has 1 aromatic rings. The first kappa shape index (κ1) is 14.6. The van der Waals surface area contributed by atoms with Crippen molar-refractivity contribution in [2.75, 3.05) is 4.90 Å². The van der Waals surface area contributed by atoms with Gasteiger partial charge in [0.15, 0.2) is 0 Å². The first-order chi connectivity index (χ1) is 8.91. The molecular formula is C13H16BrClN2O2. The van der Waals surface area contributed by atoms with E-state index < -0.39 is 4.92 Å². The molecule has 1 aliphatic heterocycles. The molecule has 1 heterocycles. The van der Waals surface area contributed by atoms with E-state index in [1.807, 2.05) is 0 Å². The van der Waals surface area contributed by atoms with E-state index in [9.17, 15) is 10.1 Å². The van der Waals surface area contributed by atoms with E-state index in [0.717, 1.165) is 18.5 Å². The molecule has 2 rings (SSSR count). The van der Waals surface area contributed by atoms with Gasteiger partial charge in [0.1, 0.15) is 0 Å². The molecule has 1 aromatic carbocycles. The zero-order valence-electron chi connectivity index (χ0n) is 10.9. The van der Waals surface area contributed by atoms with Crippen molar-refractivity contribution in [2.24, 2.45) is 0 Å². The molecule has 1 saturated heterocycles. The van der Waals surface area contributed by atoms with Crippen molar-refractivity contribution in [1.29, 1.82) is 0 Å². The van der Waals surface area contributed by atoms with Crippen molar-refractivity contribution in [2.45, 2.75) is 45.2 Å². The molecule has 2 atom stereocenters. The Morgan fingerprint density at radius 2 is 1.95 bits per heavy atom. The summed E-state index contributed by atoms with van der Waals surface area (Å²) in [6.07, 6.45) is 3.44. The molecule has 0 saturated carbocycles. The van der Waals surface area contributed by atoms with E-state index >= 15 is 0 Å². The highest BCUT2D eigenvalue weighted by Crippen LogP contribution is 2.41. The van der Waals surface area contributed by atoms with Crippen molar-refractivity contribution in [3.8, 4) is 0 Å². The number of rotatable bonds is 2. The largest absolute Gasteiger partial charge is 0.364 e. The van der Waals surface area contributed by atoms with Gasteiger partial charge in [-0.2, -0.15) is 0 Å². The minimum Gasteiger partial charge on any atom is -0.364 e. The normalized spacial score (nSPS) is 23.5. The number of nitro benzene ring substituents is 1. The molecule has 0 unspecified atom stereocenters. The van der Waals surface area contributed by atoms with Gasteiger partial charge in [-0.05, 0) is 49.0 Å². The fourth-order valence-electron chi connectivity index (χ4n) is 2.77. The molecule has 0 spiro atoms. The van der Waals surface area contributed by atoms with Crippen LogP contribution in [0.1, 0.15) is 33.1 Å². The molecule has 0 radical (unpaired) electrons. The summed E-state index contributed by atoms with van der Waals surface area (Å²) >= 11 is 9.69. The van der Waals surface area contributed by atoms with E-state index in [4.69, 9.17) is 11.6 Å². The van der Waals surface area contributed by atoms with Crippen molar-refractivity contribution >= 4 is 38.9 Å². The van der Waals surface area contributed by atoms with E-state index in [0.29, 0.717) is 21.6 Å². The summed E-state index contributed by atoms with van der Waals surface area (Å²) in [5.74, 6) is 0. The molecular weight excluding hydrogens is 332 g/mol. The maximum absolute atomic E-state index is 10.8.